The first kappa shape index (κ1) is 17.1. The van der Waals surface area contributed by atoms with E-state index in [4.69, 9.17) is 14.5 Å². The van der Waals surface area contributed by atoms with Crippen LogP contribution in [0.15, 0.2) is 54.6 Å². The molecule has 0 aliphatic heterocycles. The first-order chi connectivity index (χ1) is 11.2. The van der Waals surface area contributed by atoms with Crippen molar-refractivity contribution in [1.82, 2.24) is 5.23 Å². The molecular weight excluding hydrogens is 293 g/mol. The Morgan fingerprint density at radius 2 is 1.83 bits per heavy atom. The second-order valence-corrected chi connectivity index (χ2v) is 5.03. The van der Waals surface area contributed by atoms with Gasteiger partial charge in [-0.05, 0) is 29.7 Å². The predicted molar refractivity (Wildman–Crippen MR) is 88.2 cm³/mol. The van der Waals surface area contributed by atoms with Crippen molar-refractivity contribution in [2.24, 2.45) is 0 Å². The van der Waals surface area contributed by atoms with Gasteiger partial charge in [-0.25, -0.2) is 0 Å². The summed E-state index contributed by atoms with van der Waals surface area (Å²) >= 11 is 0. The van der Waals surface area contributed by atoms with Gasteiger partial charge in [0.25, 0.3) is 0 Å². The summed E-state index contributed by atoms with van der Waals surface area (Å²) in [6, 6.07) is 16.6. The van der Waals surface area contributed by atoms with E-state index < -0.39 is 12.0 Å². The average Bonchev–Trinajstić information content (AvgIpc) is 2.58. The van der Waals surface area contributed by atoms with Crippen LogP contribution in [0.5, 0.6) is 5.75 Å². The van der Waals surface area contributed by atoms with Crippen LogP contribution in [0.1, 0.15) is 11.1 Å². The number of ether oxygens (including phenoxy) is 1. The summed E-state index contributed by atoms with van der Waals surface area (Å²) in [5.74, 6) is -0.177. The summed E-state index contributed by atoms with van der Waals surface area (Å²) in [5, 5.41) is 11.9. The molecule has 0 bridgehead atoms. The lowest BCUT2D eigenvalue weighted by atomic mass is 10.0. The third kappa shape index (κ3) is 5.77. The Bertz CT molecular complexity index is 604. The zero-order valence-electron chi connectivity index (χ0n) is 12.9. The minimum atomic E-state index is -0.928. The Morgan fingerprint density at radius 1 is 1.13 bits per heavy atom. The van der Waals surface area contributed by atoms with Crippen LogP contribution in [0.3, 0.4) is 0 Å². The number of carboxylic acids is 1. The quantitative estimate of drug-likeness (QED) is 0.694. The number of rotatable bonds is 9. The molecule has 1 atom stereocenters. The molecule has 0 amide bonds. The van der Waals surface area contributed by atoms with Crippen LogP contribution in [0.4, 0.5) is 0 Å². The molecule has 2 aromatic carbocycles. The lowest BCUT2D eigenvalue weighted by Crippen LogP contribution is -2.41. The number of benzene rings is 2. The summed E-state index contributed by atoms with van der Waals surface area (Å²) in [6.07, 6.45) is 0.355. The third-order valence-corrected chi connectivity index (χ3v) is 3.30. The highest BCUT2D eigenvalue weighted by atomic mass is 16.5. The summed E-state index contributed by atoms with van der Waals surface area (Å²) in [4.78, 5) is 11.2. The highest BCUT2D eigenvalue weighted by Crippen LogP contribution is 2.15. The maximum absolute atomic E-state index is 11.2. The number of aliphatic carboxylic acids is 1. The van der Waals surface area contributed by atoms with Crippen LogP contribution < -0.4 is 9.96 Å². The Hall–Kier alpha value is -2.31. The van der Waals surface area contributed by atoms with E-state index >= 15 is 0 Å². The summed E-state index contributed by atoms with van der Waals surface area (Å²) in [7, 11) is 2.74. The first-order valence-corrected chi connectivity index (χ1v) is 7.28. The van der Waals surface area contributed by atoms with Crippen LogP contribution in [-0.4, -0.2) is 31.8 Å². The van der Waals surface area contributed by atoms with Gasteiger partial charge in [0, 0.05) is 7.11 Å². The Labute approximate surface area is 136 Å². The van der Waals surface area contributed by atoms with Gasteiger partial charge in [-0.3, -0.25) is 4.79 Å². The molecule has 0 spiro atoms. The van der Waals surface area contributed by atoms with Crippen LogP contribution in [0.25, 0.3) is 0 Å². The Kier molecular flexibility index (Phi) is 6.65. The monoisotopic (exact) mass is 312 g/mol. The zero-order valence-corrected chi connectivity index (χ0v) is 12.9. The van der Waals surface area contributed by atoms with E-state index in [1.165, 1.54) is 14.7 Å². The van der Waals surface area contributed by atoms with E-state index in [-0.39, 0.29) is 0 Å². The van der Waals surface area contributed by atoms with Gasteiger partial charge >= 0.3 is 13.6 Å². The summed E-state index contributed by atoms with van der Waals surface area (Å²) in [5.41, 5.74) is 2.00. The number of hydrogen-bond acceptors (Lipinski definition) is 4. The minimum absolute atomic E-state index is 0.355. The molecule has 2 N–H and O–H groups in total. The molecule has 0 heterocycles. The van der Waals surface area contributed by atoms with Gasteiger partial charge in [-0.1, -0.05) is 42.5 Å². The summed E-state index contributed by atoms with van der Waals surface area (Å²) in [6.45, 7) is 0.502. The van der Waals surface area contributed by atoms with Gasteiger partial charge in [-0.15, -0.1) is 0 Å². The van der Waals surface area contributed by atoms with E-state index in [1.54, 1.807) is 0 Å². The molecule has 0 aromatic heterocycles. The van der Waals surface area contributed by atoms with Crippen molar-refractivity contribution < 1.29 is 19.3 Å². The van der Waals surface area contributed by atoms with Gasteiger partial charge in [0.2, 0.25) is 0 Å². The van der Waals surface area contributed by atoms with Crippen molar-refractivity contribution >= 4 is 13.6 Å². The first-order valence-electron chi connectivity index (χ1n) is 7.28. The molecular formula is C17H19BNO4. The molecule has 0 aliphatic carbocycles. The van der Waals surface area contributed by atoms with Crippen molar-refractivity contribution in [2.75, 3.05) is 7.11 Å². The van der Waals surface area contributed by atoms with Crippen LogP contribution in [0, 0.1) is 0 Å². The number of carboxylic acid groups (broad SMARTS) is 1. The molecule has 6 heteroatoms. The smallest absolute Gasteiger partial charge is 0.396 e. The molecule has 5 nitrogen and oxygen atoms in total. The number of nitrogens with one attached hydrogen (secondary N) is 1. The lowest BCUT2D eigenvalue weighted by Gasteiger charge is -2.13. The normalized spacial score (nSPS) is 11.7. The van der Waals surface area contributed by atoms with Crippen LogP contribution in [-0.2, 0) is 22.5 Å². The molecule has 1 radical (unpaired) electrons. The zero-order chi connectivity index (χ0) is 16.5. The molecule has 1 unspecified atom stereocenters. The molecule has 119 valence electrons. The molecule has 0 aliphatic rings. The number of carbonyl (C=O) groups is 1. The molecule has 2 rings (SSSR count). The second-order valence-electron chi connectivity index (χ2n) is 5.03. The lowest BCUT2D eigenvalue weighted by molar-refractivity contribution is -0.139. The molecule has 0 saturated carbocycles. The van der Waals surface area contributed by atoms with E-state index in [0.29, 0.717) is 13.0 Å². The van der Waals surface area contributed by atoms with Gasteiger partial charge in [0.1, 0.15) is 18.4 Å². The van der Waals surface area contributed by atoms with Gasteiger partial charge < -0.3 is 19.7 Å². The molecule has 0 fully saturated rings. The largest absolute Gasteiger partial charge is 0.489 e. The highest BCUT2D eigenvalue weighted by molar-refractivity contribution is 6.24. The van der Waals surface area contributed by atoms with Crippen LogP contribution >= 0.6 is 0 Å². The fraction of sp³-hybridized carbons (Fsp3) is 0.235. The Balaban J connectivity index is 1.89. The van der Waals surface area contributed by atoms with Crippen molar-refractivity contribution in [1.29, 1.82) is 0 Å². The van der Waals surface area contributed by atoms with Gasteiger partial charge in [-0.2, -0.15) is 0 Å². The van der Waals surface area contributed by atoms with Gasteiger partial charge in [0.05, 0.1) is 0 Å². The van der Waals surface area contributed by atoms with Crippen molar-refractivity contribution in [2.45, 2.75) is 19.1 Å². The van der Waals surface area contributed by atoms with E-state index in [0.717, 1.165) is 16.9 Å². The minimum Gasteiger partial charge on any atom is -0.489 e. The third-order valence-electron chi connectivity index (χ3n) is 3.30. The Morgan fingerprint density at radius 3 is 2.43 bits per heavy atom. The maximum atomic E-state index is 11.2. The van der Waals surface area contributed by atoms with Crippen molar-refractivity contribution in [3.63, 3.8) is 0 Å². The maximum Gasteiger partial charge on any atom is 0.396 e. The van der Waals surface area contributed by atoms with Crippen molar-refractivity contribution in [3.8, 4) is 5.75 Å². The van der Waals surface area contributed by atoms with E-state index in [1.807, 2.05) is 54.6 Å². The average molecular weight is 312 g/mol. The van der Waals surface area contributed by atoms with E-state index in [2.05, 4.69) is 5.23 Å². The van der Waals surface area contributed by atoms with Crippen molar-refractivity contribution in [3.05, 3.63) is 65.7 Å². The molecule has 23 heavy (non-hydrogen) atoms. The van der Waals surface area contributed by atoms with Crippen LogP contribution in [0.2, 0.25) is 0 Å². The predicted octanol–water partition coefficient (Wildman–Crippen LogP) is 2.03. The highest BCUT2D eigenvalue weighted by Gasteiger charge is 2.17. The fourth-order valence-electron chi connectivity index (χ4n) is 2.07. The summed E-state index contributed by atoms with van der Waals surface area (Å²) < 4.78 is 10.4. The number of hydrogen-bond donors (Lipinski definition) is 2. The standard InChI is InChI=1S/C17H19BNO4/c1-22-18-19-16(17(20)21)11-13-7-9-15(10-8-13)23-12-14-5-3-2-4-6-14/h2-10,16,19H,11-12H2,1H3,(H,20,21). The van der Waals surface area contributed by atoms with E-state index in [9.17, 15) is 4.79 Å². The SMILES string of the molecule is CO[B]NC(Cc1ccc(OCc2ccccc2)cc1)C(=O)O. The fourth-order valence-corrected chi connectivity index (χ4v) is 2.07. The molecule has 2 aromatic rings. The van der Waals surface area contributed by atoms with Gasteiger partial charge in [0.15, 0.2) is 0 Å². The topological polar surface area (TPSA) is 67.8 Å². The molecule has 0 saturated heterocycles. The second kappa shape index (κ2) is 8.97.